The van der Waals surface area contributed by atoms with E-state index < -0.39 is 0 Å². The number of carbonyl (C=O) groups is 2. The van der Waals surface area contributed by atoms with Gasteiger partial charge in [-0.2, -0.15) is 0 Å². The number of benzene rings is 1. The van der Waals surface area contributed by atoms with Gasteiger partial charge in [0.05, 0.1) is 0 Å². The highest BCUT2D eigenvalue weighted by Gasteiger charge is 2.25. The molecule has 2 aliphatic carbocycles. The number of urea groups is 1. The van der Waals surface area contributed by atoms with Crippen LogP contribution in [-0.2, 0) is 11.8 Å². The maximum absolute atomic E-state index is 12.6. The van der Waals surface area contributed by atoms with Gasteiger partial charge in [-0.3, -0.25) is 4.79 Å². The molecule has 2 amide bonds. The van der Waals surface area contributed by atoms with Gasteiger partial charge in [0.25, 0.3) is 0 Å². The van der Waals surface area contributed by atoms with Crippen LogP contribution in [0.5, 0.6) is 0 Å². The number of anilines is 1. The Morgan fingerprint density at radius 1 is 1.21 bits per heavy atom. The third-order valence-corrected chi connectivity index (χ3v) is 6.53. The first-order valence-corrected chi connectivity index (χ1v) is 12.1. The molecular formula is C25H33N7O2. The lowest BCUT2D eigenvalue weighted by Crippen LogP contribution is -2.45. The van der Waals surface area contributed by atoms with Crippen LogP contribution in [0.25, 0.3) is 11.4 Å². The standard InChI is InChI=1S/C25H33N7O2/c1-32-24(29-30-31-32)19-8-4-9-21(16-19)28-25(34)27-17-20-7-2-3-10-23(20)26-15-5-6-18-11-13-22(33)14-12-18/h4,8-9,11-13,16,20,23,26H,2-3,5-7,10,14-15,17H2,1H3,(H2,27,28,34)/t20-,23+/m0/s1. The van der Waals surface area contributed by atoms with Crippen molar-refractivity contribution in [3.63, 3.8) is 0 Å². The molecule has 0 saturated heterocycles. The van der Waals surface area contributed by atoms with Crippen LogP contribution in [0.1, 0.15) is 44.9 Å². The van der Waals surface area contributed by atoms with Gasteiger partial charge in [0.1, 0.15) is 0 Å². The van der Waals surface area contributed by atoms with Crippen LogP contribution in [-0.4, -0.2) is 51.2 Å². The first kappa shape index (κ1) is 23.8. The summed E-state index contributed by atoms with van der Waals surface area (Å²) in [6.45, 7) is 1.59. The number of amides is 2. The lowest BCUT2D eigenvalue weighted by atomic mass is 9.84. The Balaban J connectivity index is 1.22. The molecule has 3 N–H and O–H groups in total. The number of allylic oxidation sites excluding steroid dienone is 4. The van der Waals surface area contributed by atoms with Gasteiger partial charge in [-0.1, -0.05) is 42.7 Å². The molecule has 0 unspecified atom stereocenters. The highest BCUT2D eigenvalue weighted by atomic mass is 16.2. The molecule has 0 aliphatic heterocycles. The normalized spacial score (nSPS) is 20.1. The number of aryl methyl sites for hydroxylation is 1. The lowest BCUT2D eigenvalue weighted by molar-refractivity contribution is -0.113. The Morgan fingerprint density at radius 3 is 2.88 bits per heavy atom. The molecule has 4 rings (SSSR count). The second kappa shape index (κ2) is 11.7. The van der Waals surface area contributed by atoms with Gasteiger partial charge < -0.3 is 16.0 Å². The average molecular weight is 464 g/mol. The SMILES string of the molecule is Cn1nnnc1-c1cccc(NC(=O)NC[C@@H]2CCCC[C@H]2NCCCC2=CCC(=O)C=C2)c1. The van der Waals surface area contributed by atoms with Gasteiger partial charge in [0, 0.05) is 37.3 Å². The van der Waals surface area contributed by atoms with Crippen molar-refractivity contribution in [1.82, 2.24) is 30.8 Å². The van der Waals surface area contributed by atoms with Crippen LogP contribution >= 0.6 is 0 Å². The molecule has 2 aliphatic rings. The molecule has 1 heterocycles. The van der Waals surface area contributed by atoms with Crippen molar-refractivity contribution in [2.24, 2.45) is 13.0 Å². The fraction of sp³-hybridized carbons (Fsp3) is 0.480. The molecule has 2 aromatic rings. The van der Waals surface area contributed by atoms with Gasteiger partial charge in [0.15, 0.2) is 11.6 Å². The number of hydrogen-bond donors (Lipinski definition) is 3. The molecule has 1 fully saturated rings. The fourth-order valence-electron chi connectivity index (χ4n) is 4.66. The van der Waals surface area contributed by atoms with Gasteiger partial charge in [-0.05, 0) is 66.8 Å². The molecular weight excluding hydrogens is 430 g/mol. The van der Waals surface area contributed by atoms with Gasteiger partial charge in [-0.25, -0.2) is 9.48 Å². The lowest BCUT2D eigenvalue weighted by Gasteiger charge is -2.32. The Labute approximate surface area is 200 Å². The summed E-state index contributed by atoms with van der Waals surface area (Å²) < 4.78 is 1.60. The fourth-order valence-corrected chi connectivity index (χ4v) is 4.66. The molecule has 180 valence electrons. The highest BCUT2D eigenvalue weighted by Crippen LogP contribution is 2.24. The summed E-state index contributed by atoms with van der Waals surface area (Å²) in [6, 6.07) is 7.71. The van der Waals surface area contributed by atoms with Crippen molar-refractivity contribution in [3.8, 4) is 11.4 Å². The Morgan fingerprint density at radius 2 is 2.09 bits per heavy atom. The van der Waals surface area contributed by atoms with Crippen LogP contribution < -0.4 is 16.0 Å². The maximum atomic E-state index is 12.6. The van der Waals surface area contributed by atoms with E-state index in [4.69, 9.17) is 0 Å². The molecule has 1 aromatic heterocycles. The summed E-state index contributed by atoms with van der Waals surface area (Å²) in [4.78, 5) is 23.8. The zero-order valence-electron chi connectivity index (χ0n) is 19.7. The minimum atomic E-state index is -0.205. The van der Waals surface area contributed by atoms with Crippen LogP contribution in [0.3, 0.4) is 0 Å². The summed E-state index contributed by atoms with van der Waals surface area (Å²) in [5.41, 5.74) is 2.79. The number of nitrogens with zero attached hydrogens (tertiary/aromatic N) is 4. The van der Waals surface area contributed by atoms with E-state index in [1.807, 2.05) is 36.4 Å². The van der Waals surface area contributed by atoms with Crippen LogP contribution in [0.15, 0.2) is 48.1 Å². The summed E-state index contributed by atoms with van der Waals surface area (Å²) in [7, 11) is 1.78. The van der Waals surface area contributed by atoms with Gasteiger partial charge >= 0.3 is 6.03 Å². The molecule has 34 heavy (non-hydrogen) atoms. The maximum Gasteiger partial charge on any atom is 0.319 e. The van der Waals surface area contributed by atoms with E-state index in [1.165, 1.54) is 18.4 Å². The van der Waals surface area contributed by atoms with E-state index in [1.54, 1.807) is 17.8 Å². The number of rotatable bonds is 9. The number of hydrogen-bond acceptors (Lipinski definition) is 6. The van der Waals surface area contributed by atoms with Gasteiger partial charge in [-0.15, -0.1) is 5.10 Å². The van der Waals surface area contributed by atoms with E-state index in [2.05, 4.69) is 31.5 Å². The van der Waals surface area contributed by atoms with E-state index >= 15 is 0 Å². The van der Waals surface area contributed by atoms with Gasteiger partial charge in [0.2, 0.25) is 0 Å². The van der Waals surface area contributed by atoms with Crippen LogP contribution in [0.2, 0.25) is 0 Å². The van der Waals surface area contributed by atoms with E-state index in [-0.39, 0.29) is 11.8 Å². The predicted molar refractivity (Wildman–Crippen MR) is 131 cm³/mol. The predicted octanol–water partition coefficient (Wildman–Crippen LogP) is 3.38. The molecule has 0 bridgehead atoms. The molecule has 9 nitrogen and oxygen atoms in total. The monoisotopic (exact) mass is 463 g/mol. The van der Waals surface area contributed by atoms with Crippen molar-refractivity contribution in [2.75, 3.05) is 18.4 Å². The van der Waals surface area contributed by atoms with E-state index in [0.29, 0.717) is 36.4 Å². The van der Waals surface area contributed by atoms with Crippen LogP contribution in [0, 0.1) is 5.92 Å². The Kier molecular flexibility index (Phi) is 8.19. The van der Waals surface area contributed by atoms with Crippen molar-refractivity contribution in [2.45, 2.75) is 51.0 Å². The quantitative estimate of drug-likeness (QED) is 0.491. The third-order valence-electron chi connectivity index (χ3n) is 6.53. The second-order valence-electron chi connectivity index (χ2n) is 9.03. The zero-order valence-corrected chi connectivity index (χ0v) is 19.7. The molecule has 1 saturated carbocycles. The van der Waals surface area contributed by atoms with E-state index in [9.17, 15) is 9.59 Å². The molecule has 9 heteroatoms. The third kappa shape index (κ3) is 6.60. The van der Waals surface area contributed by atoms with Crippen molar-refractivity contribution >= 4 is 17.5 Å². The minimum absolute atomic E-state index is 0.180. The van der Waals surface area contributed by atoms with Crippen molar-refractivity contribution < 1.29 is 9.59 Å². The van der Waals surface area contributed by atoms with Crippen LogP contribution in [0.4, 0.5) is 10.5 Å². The zero-order chi connectivity index (χ0) is 23.8. The smallest absolute Gasteiger partial charge is 0.319 e. The minimum Gasteiger partial charge on any atom is -0.338 e. The van der Waals surface area contributed by atoms with Crippen molar-refractivity contribution in [1.29, 1.82) is 0 Å². The van der Waals surface area contributed by atoms with Crippen molar-refractivity contribution in [3.05, 3.63) is 48.1 Å². The second-order valence-corrected chi connectivity index (χ2v) is 9.03. The Bertz CT molecular complexity index is 1060. The largest absolute Gasteiger partial charge is 0.338 e. The molecule has 0 spiro atoms. The first-order valence-electron chi connectivity index (χ1n) is 12.1. The molecule has 2 atom stereocenters. The van der Waals surface area contributed by atoms with E-state index in [0.717, 1.165) is 37.8 Å². The summed E-state index contributed by atoms with van der Waals surface area (Å²) in [6.07, 6.45) is 12.9. The molecule has 1 aromatic carbocycles. The number of carbonyl (C=O) groups excluding carboxylic acids is 2. The summed E-state index contributed by atoms with van der Waals surface area (Å²) >= 11 is 0. The number of ketones is 1. The molecule has 0 radical (unpaired) electrons. The summed E-state index contributed by atoms with van der Waals surface area (Å²) in [5.74, 6) is 1.24. The Hall–Kier alpha value is -3.33. The number of nitrogens with one attached hydrogen (secondary N) is 3. The number of tetrazole rings is 1. The highest BCUT2D eigenvalue weighted by molar-refractivity contribution is 5.92. The number of aromatic nitrogens is 4. The summed E-state index contributed by atoms with van der Waals surface area (Å²) in [5, 5.41) is 21.2. The average Bonchev–Trinajstić information content (AvgIpc) is 3.28. The first-order chi connectivity index (χ1) is 16.6. The topological polar surface area (TPSA) is 114 Å².